The lowest BCUT2D eigenvalue weighted by molar-refractivity contribution is -0.0911. The molecule has 0 aliphatic carbocycles. The Bertz CT molecular complexity index is 221. The normalized spacial score (nSPS) is 43.0. The van der Waals surface area contributed by atoms with Gasteiger partial charge in [-0.3, -0.25) is 9.05 Å². The van der Waals surface area contributed by atoms with E-state index in [4.69, 9.17) is 14.2 Å². The fourth-order valence-corrected chi connectivity index (χ4v) is 2.06. The van der Waals surface area contributed by atoms with Crippen LogP contribution >= 0.6 is 7.82 Å². The number of hydrogen-bond donors (Lipinski definition) is 1. The molecule has 0 bridgehead atoms. The molecule has 0 aromatic rings. The van der Waals surface area contributed by atoms with E-state index in [-0.39, 0.29) is 18.7 Å². The van der Waals surface area contributed by atoms with E-state index in [2.05, 4.69) is 4.52 Å². The van der Waals surface area contributed by atoms with Crippen LogP contribution in [-0.2, 0) is 18.3 Å². The van der Waals surface area contributed by atoms with Gasteiger partial charge in [0.25, 0.3) is 0 Å². The molecule has 0 amide bonds. The summed E-state index contributed by atoms with van der Waals surface area (Å²) in [6, 6.07) is 0.0517. The van der Waals surface area contributed by atoms with Gasteiger partial charge in [0.1, 0.15) is 14.0 Å². The molecule has 1 aliphatic rings. The molecular formula is C6H14BO5P. The summed E-state index contributed by atoms with van der Waals surface area (Å²) in [7, 11) is -1.91. The monoisotopic (exact) mass is 208 g/mol. The van der Waals surface area contributed by atoms with Crippen molar-refractivity contribution in [2.75, 3.05) is 6.61 Å². The van der Waals surface area contributed by atoms with Crippen LogP contribution < -0.4 is 0 Å². The van der Waals surface area contributed by atoms with Gasteiger partial charge in [-0.05, 0) is 13.8 Å². The van der Waals surface area contributed by atoms with E-state index in [1.165, 1.54) is 0 Å². The van der Waals surface area contributed by atoms with Gasteiger partial charge in [-0.1, -0.05) is 0 Å². The van der Waals surface area contributed by atoms with E-state index in [0.29, 0.717) is 0 Å². The van der Waals surface area contributed by atoms with Crippen molar-refractivity contribution in [3.8, 4) is 0 Å². The first kappa shape index (κ1) is 11.2. The van der Waals surface area contributed by atoms with Gasteiger partial charge >= 0.3 is 7.82 Å². The van der Waals surface area contributed by atoms with Crippen LogP contribution in [0, 0.1) is 0 Å². The van der Waals surface area contributed by atoms with Crippen molar-refractivity contribution in [1.29, 1.82) is 0 Å². The fraction of sp³-hybridized carbons (Fsp3) is 1.00. The molecule has 0 radical (unpaired) electrons. The minimum absolute atomic E-state index is 0.0517. The quantitative estimate of drug-likeness (QED) is 0.506. The summed E-state index contributed by atoms with van der Waals surface area (Å²) in [6.07, 6.45) is -0.679. The summed E-state index contributed by atoms with van der Waals surface area (Å²) < 4.78 is 25.7. The number of hydrogen-bond acceptors (Lipinski definition) is 4. The second-order valence-electron chi connectivity index (χ2n) is 3.30. The predicted octanol–water partition coefficient (Wildman–Crippen LogP) is -0.114. The lowest BCUT2D eigenvalue weighted by Gasteiger charge is -2.32. The van der Waals surface area contributed by atoms with Crippen LogP contribution in [0.2, 0.25) is 0 Å². The molecule has 0 aromatic carbocycles. The lowest BCUT2D eigenvalue weighted by Crippen LogP contribution is -2.38. The zero-order valence-electron chi connectivity index (χ0n) is 7.97. The molecule has 4 atom stereocenters. The first-order chi connectivity index (χ1) is 5.91. The fourth-order valence-electron chi connectivity index (χ4n) is 1.11. The Morgan fingerprint density at radius 1 is 1.77 bits per heavy atom. The van der Waals surface area contributed by atoms with Crippen molar-refractivity contribution < 1.29 is 23.2 Å². The predicted molar refractivity (Wildman–Crippen MR) is 49.2 cm³/mol. The third-order valence-electron chi connectivity index (χ3n) is 1.67. The molecule has 0 saturated carbocycles. The summed E-state index contributed by atoms with van der Waals surface area (Å²) in [4.78, 5) is 8.95. The molecule has 1 heterocycles. The third-order valence-corrected chi connectivity index (χ3v) is 2.75. The van der Waals surface area contributed by atoms with Gasteiger partial charge in [-0.25, -0.2) is 4.57 Å². The number of ether oxygens (including phenoxy) is 1. The molecule has 7 heteroatoms. The van der Waals surface area contributed by atoms with Gasteiger partial charge in [-0.2, -0.15) is 0 Å². The van der Waals surface area contributed by atoms with E-state index < -0.39 is 13.9 Å². The Morgan fingerprint density at radius 2 is 2.38 bits per heavy atom. The van der Waals surface area contributed by atoms with Gasteiger partial charge in [0.05, 0.1) is 12.7 Å². The Hall–Kier alpha value is 0.135. The van der Waals surface area contributed by atoms with Gasteiger partial charge in [0, 0.05) is 6.00 Å². The standard InChI is InChI=1S/C6H14BO5P/c1-4-6(11-5(2)7)3-10-13(8,9)12-4/h4-6H,3,7H2,1-2H3,(H,8,9)/t4-,5+,6+/m0/s1. The van der Waals surface area contributed by atoms with E-state index in [0.717, 1.165) is 0 Å². The summed E-state index contributed by atoms with van der Waals surface area (Å²) in [5, 5.41) is 0. The highest BCUT2D eigenvalue weighted by Gasteiger charge is 2.36. The van der Waals surface area contributed by atoms with Crippen molar-refractivity contribution >= 4 is 15.7 Å². The van der Waals surface area contributed by atoms with Crippen LogP contribution in [0.4, 0.5) is 0 Å². The van der Waals surface area contributed by atoms with E-state index in [1.807, 2.05) is 14.8 Å². The summed E-state index contributed by atoms with van der Waals surface area (Å²) >= 11 is 0. The Morgan fingerprint density at radius 3 is 2.85 bits per heavy atom. The van der Waals surface area contributed by atoms with E-state index >= 15 is 0 Å². The zero-order valence-corrected chi connectivity index (χ0v) is 8.86. The molecule has 76 valence electrons. The Kier molecular flexibility index (Phi) is 3.54. The average molecular weight is 208 g/mol. The van der Waals surface area contributed by atoms with Gasteiger partial charge < -0.3 is 9.63 Å². The molecule has 1 saturated heterocycles. The molecule has 5 nitrogen and oxygen atoms in total. The average Bonchev–Trinajstić information content (AvgIpc) is 1.93. The van der Waals surface area contributed by atoms with Crippen LogP contribution in [0.15, 0.2) is 0 Å². The molecule has 0 aromatic heterocycles. The van der Waals surface area contributed by atoms with Crippen molar-refractivity contribution in [2.24, 2.45) is 0 Å². The largest absolute Gasteiger partial charge is 0.472 e. The first-order valence-corrected chi connectivity index (χ1v) is 5.71. The highest BCUT2D eigenvalue weighted by Crippen LogP contribution is 2.48. The smallest absolute Gasteiger partial charge is 0.379 e. The van der Waals surface area contributed by atoms with Gasteiger partial charge in [0.15, 0.2) is 0 Å². The Labute approximate surface area is 78.4 Å². The maximum absolute atomic E-state index is 10.9. The van der Waals surface area contributed by atoms with Crippen molar-refractivity contribution in [3.05, 3.63) is 0 Å². The van der Waals surface area contributed by atoms with Crippen LogP contribution in [0.25, 0.3) is 0 Å². The number of phosphoric ester groups is 1. The molecule has 0 spiro atoms. The van der Waals surface area contributed by atoms with E-state index in [9.17, 15) is 4.57 Å². The molecule has 1 rings (SSSR count). The SMILES string of the molecule is B[C@@H](C)O[C@@H]1COP(=O)(O)O[C@H]1C. The minimum Gasteiger partial charge on any atom is -0.379 e. The van der Waals surface area contributed by atoms with Crippen molar-refractivity contribution in [2.45, 2.75) is 32.1 Å². The van der Waals surface area contributed by atoms with Gasteiger partial charge in [-0.15, -0.1) is 0 Å². The summed E-state index contributed by atoms with van der Waals surface area (Å²) in [5.41, 5.74) is 0. The van der Waals surface area contributed by atoms with Crippen molar-refractivity contribution in [3.63, 3.8) is 0 Å². The molecule has 1 unspecified atom stereocenters. The number of phosphoric acid groups is 1. The third kappa shape index (κ3) is 3.40. The highest BCUT2D eigenvalue weighted by molar-refractivity contribution is 7.47. The van der Waals surface area contributed by atoms with Gasteiger partial charge in [0.2, 0.25) is 0 Å². The van der Waals surface area contributed by atoms with Crippen LogP contribution in [0.3, 0.4) is 0 Å². The summed E-state index contributed by atoms with van der Waals surface area (Å²) in [6.45, 7) is 3.69. The molecule has 1 fully saturated rings. The molecule has 1 N–H and O–H groups in total. The second kappa shape index (κ2) is 4.11. The van der Waals surface area contributed by atoms with Crippen LogP contribution in [-0.4, -0.2) is 37.6 Å². The zero-order chi connectivity index (χ0) is 10.1. The Balaban J connectivity index is 2.49. The second-order valence-corrected chi connectivity index (χ2v) is 4.70. The molecular weight excluding hydrogens is 194 g/mol. The van der Waals surface area contributed by atoms with Crippen LogP contribution in [0.5, 0.6) is 0 Å². The first-order valence-electron chi connectivity index (χ1n) is 4.22. The van der Waals surface area contributed by atoms with Crippen LogP contribution in [0.1, 0.15) is 13.8 Å². The lowest BCUT2D eigenvalue weighted by atomic mass is 10.0. The molecule has 1 aliphatic heterocycles. The summed E-state index contributed by atoms with van der Waals surface area (Å²) in [5.74, 6) is 0. The maximum atomic E-state index is 10.9. The van der Waals surface area contributed by atoms with Crippen molar-refractivity contribution in [1.82, 2.24) is 0 Å². The minimum atomic E-state index is -3.80. The van der Waals surface area contributed by atoms with E-state index in [1.54, 1.807) is 6.92 Å². The maximum Gasteiger partial charge on any atom is 0.472 e. The topological polar surface area (TPSA) is 65.0 Å². The highest BCUT2D eigenvalue weighted by atomic mass is 31.2. The number of rotatable bonds is 2. The molecule has 13 heavy (non-hydrogen) atoms.